The summed E-state index contributed by atoms with van der Waals surface area (Å²) >= 11 is 0. The van der Waals surface area contributed by atoms with Crippen LogP contribution in [0, 0.1) is 5.92 Å². The van der Waals surface area contributed by atoms with Gasteiger partial charge in [-0.1, -0.05) is 24.3 Å². The molecule has 1 aromatic heterocycles. The summed E-state index contributed by atoms with van der Waals surface area (Å²) in [5, 5.41) is 0. The number of carbonyl (C=O) groups is 1. The van der Waals surface area contributed by atoms with Gasteiger partial charge in [0.2, 0.25) is 5.91 Å². The number of imidazole rings is 1. The number of H-pyrrole nitrogens is 1. The van der Waals surface area contributed by atoms with E-state index in [1.165, 1.54) is 12.1 Å². The number of nitrogens with one attached hydrogen (secondary N) is 1. The minimum Gasteiger partial charge on any atom is -0.341 e. The molecule has 1 aliphatic carbocycles. The molecular formula is C25H27F3N4O3S. The summed E-state index contributed by atoms with van der Waals surface area (Å²) in [7, 11) is -3.58. The normalized spacial score (nSPS) is 25.6. The Morgan fingerprint density at radius 3 is 2.53 bits per heavy atom. The molecule has 2 fully saturated rings. The van der Waals surface area contributed by atoms with Gasteiger partial charge in [-0.2, -0.15) is 13.2 Å². The largest absolute Gasteiger partial charge is 0.418 e. The summed E-state index contributed by atoms with van der Waals surface area (Å²) in [5.41, 5.74) is 5.35. The van der Waals surface area contributed by atoms with E-state index in [9.17, 15) is 26.4 Å². The van der Waals surface area contributed by atoms with Crippen molar-refractivity contribution in [2.24, 2.45) is 11.7 Å². The van der Waals surface area contributed by atoms with Gasteiger partial charge in [0.15, 0.2) is 9.84 Å². The van der Waals surface area contributed by atoms with Crippen molar-refractivity contribution in [3.63, 3.8) is 0 Å². The third-order valence-corrected chi connectivity index (χ3v) is 9.18. The molecule has 2 aromatic carbocycles. The Morgan fingerprint density at radius 1 is 1.06 bits per heavy atom. The summed E-state index contributed by atoms with van der Waals surface area (Å²) in [6.45, 7) is 0.383. The maximum absolute atomic E-state index is 13.5. The number of rotatable bonds is 5. The molecule has 0 spiro atoms. The number of likely N-dealkylation sites (tertiary alicyclic amines) is 1. The molecule has 5 rings (SSSR count). The summed E-state index contributed by atoms with van der Waals surface area (Å²) in [5.74, 6) is -1.21. The minimum atomic E-state index is -4.56. The lowest BCUT2D eigenvalue weighted by Crippen LogP contribution is -2.49. The number of hydrogen-bond donors (Lipinski definition) is 2. The van der Waals surface area contributed by atoms with Crippen LogP contribution in [0.15, 0.2) is 53.4 Å². The Bertz CT molecular complexity index is 1370. The molecule has 0 bridgehead atoms. The molecule has 3 N–H and O–H groups in total. The Hall–Kier alpha value is -2.92. The number of nitrogens with zero attached hydrogens (tertiary/aromatic N) is 2. The zero-order valence-corrected chi connectivity index (χ0v) is 20.2. The predicted octanol–water partition coefficient (Wildman–Crippen LogP) is 3.87. The van der Waals surface area contributed by atoms with Crippen molar-refractivity contribution in [3.05, 3.63) is 59.9 Å². The number of benzene rings is 2. The fraction of sp³-hybridized carbons (Fsp3) is 0.440. The quantitative estimate of drug-likeness (QED) is 0.531. The number of hydrogen-bond acceptors (Lipinski definition) is 5. The van der Waals surface area contributed by atoms with Crippen molar-refractivity contribution in [2.75, 3.05) is 12.3 Å². The number of sulfone groups is 1. The standard InChI is InChI=1S/C25H27F3N4O3S/c26-25(27,28)19-7-4-8-20-22(19)31-23(30-20)18-11-12-32(24(18)33)21-10-9-16(29)13-15(21)14-36(34,35)17-5-2-1-3-6-17/h1-8,15-16,18,21H,9-14,29H2,(H,30,31)/t15-,16+,18?,21?/m0/s1. The van der Waals surface area contributed by atoms with Crippen LogP contribution in [-0.4, -0.2) is 53.6 Å². The van der Waals surface area contributed by atoms with Crippen LogP contribution >= 0.6 is 0 Å². The van der Waals surface area contributed by atoms with E-state index in [4.69, 9.17) is 5.73 Å². The van der Waals surface area contributed by atoms with Crippen molar-refractivity contribution in [1.29, 1.82) is 0 Å². The zero-order chi connectivity index (χ0) is 25.7. The summed E-state index contributed by atoms with van der Waals surface area (Å²) < 4.78 is 66.5. The molecule has 2 unspecified atom stereocenters. The van der Waals surface area contributed by atoms with Crippen LogP contribution in [-0.2, 0) is 20.8 Å². The van der Waals surface area contributed by atoms with Gasteiger partial charge in [0.25, 0.3) is 0 Å². The highest BCUT2D eigenvalue weighted by Crippen LogP contribution is 2.39. The monoisotopic (exact) mass is 520 g/mol. The van der Waals surface area contributed by atoms with Gasteiger partial charge < -0.3 is 15.6 Å². The first-order valence-corrected chi connectivity index (χ1v) is 13.6. The van der Waals surface area contributed by atoms with Crippen molar-refractivity contribution in [1.82, 2.24) is 14.9 Å². The molecule has 1 aliphatic heterocycles. The third kappa shape index (κ3) is 4.61. The second kappa shape index (κ2) is 9.19. The van der Waals surface area contributed by atoms with Crippen molar-refractivity contribution in [3.8, 4) is 0 Å². The van der Waals surface area contributed by atoms with Gasteiger partial charge in [-0.05, 0) is 55.9 Å². The van der Waals surface area contributed by atoms with Gasteiger partial charge in [0.05, 0.1) is 27.6 Å². The lowest BCUT2D eigenvalue weighted by atomic mass is 9.82. The number of carbonyl (C=O) groups excluding carboxylic acids is 1. The van der Waals surface area contributed by atoms with Gasteiger partial charge in [-0.3, -0.25) is 4.79 Å². The molecule has 2 heterocycles. The van der Waals surface area contributed by atoms with Crippen LogP contribution in [0.5, 0.6) is 0 Å². The van der Waals surface area contributed by atoms with Crippen LogP contribution < -0.4 is 5.73 Å². The number of alkyl halides is 3. The molecule has 1 saturated heterocycles. The lowest BCUT2D eigenvalue weighted by Gasteiger charge is -2.40. The van der Waals surface area contributed by atoms with E-state index in [1.807, 2.05) is 0 Å². The van der Waals surface area contributed by atoms with Gasteiger partial charge in [-0.25, -0.2) is 13.4 Å². The van der Waals surface area contributed by atoms with E-state index >= 15 is 0 Å². The number of aromatic nitrogens is 2. The highest BCUT2D eigenvalue weighted by Gasteiger charge is 2.44. The number of para-hydroxylation sites is 1. The fourth-order valence-corrected chi connectivity index (χ4v) is 7.30. The molecule has 1 amide bonds. The molecule has 2 aliphatic rings. The van der Waals surface area contributed by atoms with Crippen LogP contribution in [0.1, 0.15) is 43.0 Å². The second-order valence-electron chi connectivity index (χ2n) is 9.69. The molecular weight excluding hydrogens is 493 g/mol. The maximum Gasteiger partial charge on any atom is 0.418 e. The first-order chi connectivity index (χ1) is 17.0. The molecule has 192 valence electrons. The van der Waals surface area contributed by atoms with E-state index in [-0.39, 0.29) is 51.4 Å². The average Bonchev–Trinajstić information content (AvgIpc) is 3.42. The van der Waals surface area contributed by atoms with Crippen molar-refractivity contribution in [2.45, 2.75) is 54.8 Å². The highest BCUT2D eigenvalue weighted by molar-refractivity contribution is 7.91. The molecule has 1 saturated carbocycles. The second-order valence-corrected chi connectivity index (χ2v) is 11.7. The molecule has 11 heteroatoms. The van der Waals surface area contributed by atoms with E-state index < -0.39 is 27.5 Å². The molecule has 36 heavy (non-hydrogen) atoms. The number of halogens is 3. The fourth-order valence-electron chi connectivity index (χ4n) is 5.61. The van der Waals surface area contributed by atoms with Gasteiger partial charge in [0, 0.05) is 18.6 Å². The SMILES string of the molecule is N[C@@H]1CCC(N2CCC(c3nc4c(C(F)(F)F)cccc4[nH]3)C2=O)[C@H](CS(=O)(=O)c2ccccc2)C1. The summed E-state index contributed by atoms with van der Waals surface area (Å²) in [4.78, 5) is 22.5. The highest BCUT2D eigenvalue weighted by atomic mass is 32.2. The van der Waals surface area contributed by atoms with Crippen molar-refractivity contribution < 1.29 is 26.4 Å². The van der Waals surface area contributed by atoms with Crippen LogP contribution in [0.25, 0.3) is 11.0 Å². The number of aromatic amines is 1. The Labute approximate surface area is 206 Å². The number of nitrogens with two attached hydrogens (primary N) is 1. The van der Waals surface area contributed by atoms with E-state index in [0.29, 0.717) is 32.2 Å². The van der Waals surface area contributed by atoms with E-state index in [0.717, 1.165) is 6.07 Å². The van der Waals surface area contributed by atoms with Crippen LogP contribution in [0.3, 0.4) is 0 Å². The smallest absolute Gasteiger partial charge is 0.341 e. The van der Waals surface area contributed by atoms with E-state index in [1.54, 1.807) is 35.2 Å². The van der Waals surface area contributed by atoms with Crippen LogP contribution in [0.2, 0.25) is 0 Å². The topological polar surface area (TPSA) is 109 Å². The maximum atomic E-state index is 13.5. The minimum absolute atomic E-state index is 0.122. The molecule has 3 aromatic rings. The number of fused-ring (bicyclic) bond motifs is 1. The predicted molar refractivity (Wildman–Crippen MR) is 128 cm³/mol. The summed E-state index contributed by atoms with van der Waals surface area (Å²) in [6, 6.07) is 11.5. The first-order valence-electron chi connectivity index (χ1n) is 11.9. The average molecular weight is 521 g/mol. The lowest BCUT2D eigenvalue weighted by molar-refractivity contribution is -0.136. The summed E-state index contributed by atoms with van der Waals surface area (Å²) in [6.07, 6.45) is -2.45. The zero-order valence-electron chi connectivity index (χ0n) is 19.4. The Morgan fingerprint density at radius 2 is 1.81 bits per heavy atom. The van der Waals surface area contributed by atoms with Gasteiger partial charge >= 0.3 is 6.18 Å². The van der Waals surface area contributed by atoms with E-state index in [2.05, 4.69) is 9.97 Å². The first kappa shape index (κ1) is 24.8. The third-order valence-electron chi connectivity index (χ3n) is 7.33. The molecule has 0 radical (unpaired) electrons. The molecule has 7 nitrogen and oxygen atoms in total. The van der Waals surface area contributed by atoms with Gasteiger partial charge in [-0.15, -0.1) is 0 Å². The molecule has 4 atom stereocenters. The Kier molecular flexibility index (Phi) is 6.32. The van der Waals surface area contributed by atoms with Crippen LogP contribution in [0.4, 0.5) is 13.2 Å². The number of amides is 1. The van der Waals surface area contributed by atoms with Gasteiger partial charge in [0.1, 0.15) is 11.3 Å². The van der Waals surface area contributed by atoms with Crippen molar-refractivity contribution >= 4 is 26.8 Å². The Balaban J connectivity index is 1.40.